The molecule has 0 bridgehead atoms. The SMILES string of the molecule is CC(C)n1nc(-c2cnc(N)c(C(F)(F)F)c2)nc1C1CCC(N2CCOCC2)C1. The van der Waals surface area contributed by atoms with Gasteiger partial charge in [0.2, 0.25) is 0 Å². The molecule has 7 nitrogen and oxygen atoms in total. The molecule has 0 amide bonds. The molecule has 30 heavy (non-hydrogen) atoms. The van der Waals surface area contributed by atoms with E-state index in [0.29, 0.717) is 6.04 Å². The van der Waals surface area contributed by atoms with Crippen molar-refractivity contribution in [2.24, 2.45) is 0 Å². The second-order valence-corrected chi connectivity index (χ2v) is 8.30. The molecule has 2 aromatic heterocycles. The number of anilines is 1. The molecular weight excluding hydrogens is 397 g/mol. The van der Waals surface area contributed by atoms with Crippen molar-refractivity contribution in [1.82, 2.24) is 24.6 Å². The second-order valence-electron chi connectivity index (χ2n) is 8.30. The summed E-state index contributed by atoms with van der Waals surface area (Å²) in [6.45, 7) is 7.41. The van der Waals surface area contributed by atoms with Gasteiger partial charge in [-0.3, -0.25) is 4.90 Å². The fourth-order valence-electron chi connectivity index (χ4n) is 4.41. The van der Waals surface area contributed by atoms with Crippen LogP contribution in [0.2, 0.25) is 0 Å². The molecule has 2 atom stereocenters. The molecule has 0 spiro atoms. The molecular formula is C20H27F3N6O. The van der Waals surface area contributed by atoms with Crippen molar-refractivity contribution < 1.29 is 17.9 Å². The summed E-state index contributed by atoms with van der Waals surface area (Å²) >= 11 is 0. The van der Waals surface area contributed by atoms with E-state index in [-0.39, 0.29) is 23.3 Å². The quantitative estimate of drug-likeness (QED) is 0.809. The maximum absolute atomic E-state index is 13.2. The Labute approximate surface area is 173 Å². The molecule has 164 valence electrons. The number of aromatic nitrogens is 4. The van der Waals surface area contributed by atoms with Gasteiger partial charge in [-0.2, -0.15) is 18.3 Å². The van der Waals surface area contributed by atoms with Gasteiger partial charge in [-0.15, -0.1) is 0 Å². The highest BCUT2D eigenvalue weighted by Gasteiger charge is 2.36. The Morgan fingerprint density at radius 2 is 1.93 bits per heavy atom. The zero-order valence-corrected chi connectivity index (χ0v) is 17.2. The van der Waals surface area contributed by atoms with Gasteiger partial charge in [-0.05, 0) is 39.2 Å². The molecule has 2 N–H and O–H groups in total. The Bertz CT molecular complexity index is 891. The fourth-order valence-corrected chi connectivity index (χ4v) is 4.41. The lowest BCUT2D eigenvalue weighted by atomic mass is 10.1. The highest BCUT2D eigenvalue weighted by atomic mass is 19.4. The molecule has 0 aromatic carbocycles. The lowest BCUT2D eigenvalue weighted by Crippen LogP contribution is -2.42. The highest BCUT2D eigenvalue weighted by Crippen LogP contribution is 2.39. The first-order valence-electron chi connectivity index (χ1n) is 10.4. The first kappa shape index (κ1) is 21.0. The van der Waals surface area contributed by atoms with E-state index < -0.39 is 17.6 Å². The van der Waals surface area contributed by atoms with E-state index in [4.69, 9.17) is 10.5 Å². The van der Waals surface area contributed by atoms with Gasteiger partial charge >= 0.3 is 6.18 Å². The van der Waals surface area contributed by atoms with E-state index in [0.717, 1.165) is 57.5 Å². The number of hydrogen-bond acceptors (Lipinski definition) is 6. The fraction of sp³-hybridized carbons (Fsp3) is 0.650. The van der Waals surface area contributed by atoms with E-state index in [2.05, 4.69) is 20.0 Å². The Hall–Kier alpha value is -2.20. The van der Waals surface area contributed by atoms with Crippen molar-refractivity contribution in [1.29, 1.82) is 0 Å². The van der Waals surface area contributed by atoms with Crippen molar-refractivity contribution in [3.05, 3.63) is 23.7 Å². The average molecular weight is 424 g/mol. The summed E-state index contributed by atoms with van der Waals surface area (Å²) in [5.74, 6) is 0.775. The maximum atomic E-state index is 13.2. The number of nitrogens with two attached hydrogens (primary N) is 1. The van der Waals surface area contributed by atoms with Gasteiger partial charge < -0.3 is 10.5 Å². The molecule has 2 fully saturated rings. The van der Waals surface area contributed by atoms with E-state index in [1.807, 2.05) is 18.5 Å². The topological polar surface area (TPSA) is 82.1 Å². The third kappa shape index (κ3) is 4.15. The Balaban J connectivity index is 1.62. The van der Waals surface area contributed by atoms with Gasteiger partial charge in [-0.1, -0.05) is 0 Å². The largest absolute Gasteiger partial charge is 0.419 e. The van der Waals surface area contributed by atoms with Crippen LogP contribution in [0.25, 0.3) is 11.4 Å². The molecule has 2 unspecified atom stereocenters. The Kier molecular flexibility index (Phi) is 5.71. The first-order chi connectivity index (χ1) is 14.2. The summed E-state index contributed by atoms with van der Waals surface area (Å²) in [7, 11) is 0. The predicted octanol–water partition coefficient (Wildman–Crippen LogP) is 3.49. The smallest absolute Gasteiger partial charge is 0.383 e. The number of morpholine rings is 1. The average Bonchev–Trinajstić information content (AvgIpc) is 3.35. The summed E-state index contributed by atoms with van der Waals surface area (Å²) in [6, 6.07) is 1.51. The number of pyridine rings is 1. The molecule has 2 aliphatic rings. The number of ether oxygens (including phenoxy) is 1. The molecule has 1 aliphatic carbocycles. The minimum absolute atomic E-state index is 0.0486. The van der Waals surface area contributed by atoms with E-state index in [1.165, 1.54) is 6.20 Å². The zero-order chi connectivity index (χ0) is 21.5. The third-order valence-electron chi connectivity index (χ3n) is 5.96. The van der Waals surface area contributed by atoms with Crippen LogP contribution < -0.4 is 5.73 Å². The normalized spacial score (nSPS) is 23.4. The summed E-state index contributed by atoms with van der Waals surface area (Å²) < 4.78 is 47.0. The summed E-state index contributed by atoms with van der Waals surface area (Å²) in [5.41, 5.74) is 4.69. The van der Waals surface area contributed by atoms with Crippen LogP contribution in [-0.2, 0) is 10.9 Å². The van der Waals surface area contributed by atoms with Crippen LogP contribution in [0.4, 0.5) is 19.0 Å². The molecule has 1 saturated carbocycles. The summed E-state index contributed by atoms with van der Waals surface area (Å²) in [5, 5.41) is 4.54. The molecule has 1 saturated heterocycles. The first-order valence-corrected chi connectivity index (χ1v) is 10.4. The second kappa shape index (κ2) is 8.14. The van der Waals surface area contributed by atoms with E-state index in [1.54, 1.807) is 0 Å². The van der Waals surface area contributed by atoms with Crippen LogP contribution >= 0.6 is 0 Å². The summed E-state index contributed by atoms with van der Waals surface area (Å²) in [4.78, 5) is 10.9. The van der Waals surface area contributed by atoms with Gasteiger partial charge in [0.15, 0.2) is 5.82 Å². The number of nitrogen functional groups attached to an aromatic ring is 1. The lowest BCUT2D eigenvalue weighted by Gasteiger charge is -2.32. The minimum atomic E-state index is -4.58. The number of hydrogen-bond donors (Lipinski definition) is 1. The Morgan fingerprint density at radius 3 is 2.60 bits per heavy atom. The van der Waals surface area contributed by atoms with Gasteiger partial charge in [0.1, 0.15) is 11.6 Å². The van der Waals surface area contributed by atoms with Crippen molar-refractivity contribution in [3.63, 3.8) is 0 Å². The standard InChI is InChI=1S/C20H27F3N6O/c1-12(2)29-19(13-3-4-15(9-13)28-5-7-30-8-6-28)26-18(27-29)14-10-16(20(21,22)23)17(24)25-11-14/h10-13,15H,3-9H2,1-2H3,(H2,24,25). The van der Waals surface area contributed by atoms with Crippen LogP contribution in [-0.4, -0.2) is 57.0 Å². The van der Waals surface area contributed by atoms with Crippen LogP contribution in [0.15, 0.2) is 12.3 Å². The molecule has 10 heteroatoms. The van der Waals surface area contributed by atoms with Crippen LogP contribution in [0.5, 0.6) is 0 Å². The zero-order valence-electron chi connectivity index (χ0n) is 17.2. The van der Waals surface area contributed by atoms with Crippen molar-refractivity contribution >= 4 is 5.82 Å². The van der Waals surface area contributed by atoms with Gasteiger partial charge in [0, 0.05) is 42.9 Å². The van der Waals surface area contributed by atoms with Gasteiger partial charge in [0.25, 0.3) is 0 Å². The molecule has 2 aromatic rings. The van der Waals surface area contributed by atoms with Gasteiger partial charge in [0.05, 0.1) is 18.8 Å². The van der Waals surface area contributed by atoms with Crippen molar-refractivity contribution in [3.8, 4) is 11.4 Å². The van der Waals surface area contributed by atoms with Gasteiger partial charge in [-0.25, -0.2) is 14.6 Å². The lowest BCUT2D eigenvalue weighted by molar-refractivity contribution is -0.137. The van der Waals surface area contributed by atoms with E-state index >= 15 is 0 Å². The van der Waals surface area contributed by atoms with Crippen molar-refractivity contribution in [2.45, 2.75) is 57.3 Å². The highest BCUT2D eigenvalue weighted by molar-refractivity contribution is 5.59. The molecule has 3 heterocycles. The van der Waals surface area contributed by atoms with E-state index in [9.17, 15) is 13.2 Å². The summed E-state index contributed by atoms with van der Waals surface area (Å²) in [6.07, 6.45) is -0.237. The monoisotopic (exact) mass is 424 g/mol. The molecule has 0 radical (unpaired) electrons. The molecule has 1 aliphatic heterocycles. The minimum Gasteiger partial charge on any atom is -0.383 e. The third-order valence-corrected chi connectivity index (χ3v) is 5.96. The predicted molar refractivity (Wildman–Crippen MR) is 106 cm³/mol. The van der Waals surface area contributed by atoms with Crippen LogP contribution in [0.3, 0.4) is 0 Å². The molecule has 4 rings (SSSR count). The van der Waals surface area contributed by atoms with Crippen LogP contribution in [0.1, 0.15) is 56.5 Å². The number of rotatable bonds is 4. The number of nitrogens with zero attached hydrogens (tertiary/aromatic N) is 5. The Morgan fingerprint density at radius 1 is 1.20 bits per heavy atom. The number of halogens is 3. The maximum Gasteiger partial charge on any atom is 0.419 e. The van der Waals surface area contributed by atoms with Crippen molar-refractivity contribution in [2.75, 3.05) is 32.0 Å². The number of alkyl halides is 3. The van der Waals surface area contributed by atoms with Crippen LogP contribution in [0, 0.1) is 0 Å².